The molecular weight excluding hydrogens is 411 g/mol. The zero-order chi connectivity index (χ0) is 21.2. The standard InChI is InChI=1S/C25H21FN2O2S/c26-20-10-5-4-9-19(20)17-12-13-23-21(15-17)27-25(30-23)22-11-6-14-28(22)24(29)16-31-18-7-2-1-3-8-18/h1-5,7-10,12-13,15,22H,6,11,14,16H2/t22-/m1/s1. The van der Waals surface area contributed by atoms with Crippen molar-refractivity contribution in [3.05, 3.63) is 84.5 Å². The average molecular weight is 433 g/mol. The first-order valence-corrected chi connectivity index (χ1v) is 11.3. The largest absolute Gasteiger partial charge is 0.438 e. The molecule has 4 aromatic rings. The van der Waals surface area contributed by atoms with E-state index in [2.05, 4.69) is 4.98 Å². The Labute approximate surface area is 184 Å². The van der Waals surface area contributed by atoms with Gasteiger partial charge in [-0.2, -0.15) is 0 Å². The summed E-state index contributed by atoms with van der Waals surface area (Å²) < 4.78 is 20.2. The molecule has 1 amide bonds. The van der Waals surface area contributed by atoms with Crippen LogP contribution >= 0.6 is 11.8 Å². The predicted octanol–water partition coefficient (Wildman–Crippen LogP) is 6.09. The smallest absolute Gasteiger partial charge is 0.233 e. The number of fused-ring (bicyclic) bond motifs is 1. The average Bonchev–Trinajstić information content (AvgIpc) is 3.45. The van der Waals surface area contributed by atoms with Gasteiger partial charge in [-0.15, -0.1) is 11.8 Å². The number of benzene rings is 3. The molecule has 1 aromatic heterocycles. The fraction of sp³-hybridized carbons (Fsp3) is 0.200. The van der Waals surface area contributed by atoms with Crippen LogP contribution in [0.5, 0.6) is 0 Å². The van der Waals surface area contributed by atoms with Crippen LogP contribution in [0.2, 0.25) is 0 Å². The molecule has 0 spiro atoms. The Kier molecular flexibility index (Phi) is 5.47. The first-order valence-electron chi connectivity index (χ1n) is 10.3. The van der Waals surface area contributed by atoms with Crippen LogP contribution in [0.3, 0.4) is 0 Å². The highest BCUT2D eigenvalue weighted by molar-refractivity contribution is 8.00. The van der Waals surface area contributed by atoms with Gasteiger partial charge in [-0.25, -0.2) is 9.37 Å². The summed E-state index contributed by atoms with van der Waals surface area (Å²) in [6.07, 6.45) is 1.75. The van der Waals surface area contributed by atoms with E-state index >= 15 is 0 Å². The van der Waals surface area contributed by atoms with Crippen molar-refractivity contribution < 1.29 is 13.6 Å². The van der Waals surface area contributed by atoms with E-state index < -0.39 is 0 Å². The van der Waals surface area contributed by atoms with Crippen LogP contribution in [0.4, 0.5) is 4.39 Å². The van der Waals surface area contributed by atoms with Gasteiger partial charge in [0.15, 0.2) is 5.58 Å². The van der Waals surface area contributed by atoms with Gasteiger partial charge in [0.2, 0.25) is 11.8 Å². The van der Waals surface area contributed by atoms with Gasteiger partial charge in [-0.1, -0.05) is 42.5 Å². The van der Waals surface area contributed by atoms with Gasteiger partial charge in [0.25, 0.3) is 0 Å². The SMILES string of the molecule is O=C(CSc1ccccc1)N1CCC[C@@H]1c1nc2cc(-c3ccccc3F)ccc2o1. The van der Waals surface area contributed by atoms with Crippen molar-refractivity contribution in [3.63, 3.8) is 0 Å². The minimum absolute atomic E-state index is 0.0886. The van der Waals surface area contributed by atoms with E-state index in [4.69, 9.17) is 4.42 Å². The van der Waals surface area contributed by atoms with Crippen molar-refractivity contribution in [3.8, 4) is 11.1 Å². The van der Waals surface area contributed by atoms with Crippen molar-refractivity contribution in [1.82, 2.24) is 9.88 Å². The number of carbonyl (C=O) groups excluding carboxylic acids is 1. The summed E-state index contributed by atoms with van der Waals surface area (Å²) in [5, 5.41) is 0. The zero-order valence-electron chi connectivity index (χ0n) is 16.8. The third kappa shape index (κ3) is 4.08. The highest BCUT2D eigenvalue weighted by Gasteiger charge is 2.33. The minimum atomic E-state index is -0.269. The molecule has 0 radical (unpaired) electrons. The lowest BCUT2D eigenvalue weighted by Crippen LogP contribution is -2.32. The van der Waals surface area contributed by atoms with E-state index in [1.54, 1.807) is 23.9 Å². The summed E-state index contributed by atoms with van der Waals surface area (Å²) in [5.74, 6) is 0.758. The van der Waals surface area contributed by atoms with Crippen LogP contribution in [0.15, 0.2) is 82.1 Å². The van der Waals surface area contributed by atoms with Crippen molar-refractivity contribution in [2.75, 3.05) is 12.3 Å². The van der Waals surface area contributed by atoms with Gasteiger partial charge in [0.05, 0.1) is 5.75 Å². The number of halogens is 1. The molecule has 156 valence electrons. The maximum absolute atomic E-state index is 14.2. The fourth-order valence-electron chi connectivity index (χ4n) is 4.02. The minimum Gasteiger partial charge on any atom is -0.438 e. The van der Waals surface area contributed by atoms with Crippen LogP contribution in [0.25, 0.3) is 22.2 Å². The molecule has 1 aliphatic rings. The van der Waals surface area contributed by atoms with Crippen LogP contribution in [-0.4, -0.2) is 28.1 Å². The number of likely N-dealkylation sites (tertiary alicyclic amines) is 1. The Morgan fingerprint density at radius 3 is 2.74 bits per heavy atom. The predicted molar refractivity (Wildman–Crippen MR) is 120 cm³/mol. The normalized spacial score (nSPS) is 16.2. The van der Waals surface area contributed by atoms with E-state index in [1.165, 1.54) is 6.07 Å². The van der Waals surface area contributed by atoms with E-state index in [1.807, 2.05) is 59.5 Å². The maximum Gasteiger partial charge on any atom is 0.233 e. The number of aromatic nitrogens is 1. The zero-order valence-corrected chi connectivity index (χ0v) is 17.6. The Bertz CT molecular complexity index is 1220. The number of amides is 1. The molecular formula is C25H21FN2O2S. The van der Waals surface area contributed by atoms with Crippen molar-refractivity contribution in [2.45, 2.75) is 23.8 Å². The number of hydrogen-bond acceptors (Lipinski definition) is 4. The lowest BCUT2D eigenvalue weighted by Gasteiger charge is -2.22. The number of thioether (sulfide) groups is 1. The molecule has 1 atom stereocenters. The number of rotatable bonds is 5. The molecule has 0 saturated carbocycles. The molecule has 1 fully saturated rings. The van der Waals surface area contributed by atoms with Crippen LogP contribution in [0, 0.1) is 5.82 Å². The first-order chi connectivity index (χ1) is 15.2. The van der Waals surface area contributed by atoms with E-state index in [0.29, 0.717) is 34.9 Å². The van der Waals surface area contributed by atoms with Gasteiger partial charge in [-0.3, -0.25) is 4.79 Å². The molecule has 6 heteroatoms. The van der Waals surface area contributed by atoms with Crippen LogP contribution < -0.4 is 0 Å². The molecule has 5 rings (SSSR count). The van der Waals surface area contributed by atoms with E-state index in [-0.39, 0.29) is 17.8 Å². The van der Waals surface area contributed by atoms with Crippen molar-refractivity contribution >= 4 is 28.8 Å². The summed E-state index contributed by atoms with van der Waals surface area (Å²) in [7, 11) is 0. The third-order valence-electron chi connectivity index (χ3n) is 5.55. The lowest BCUT2D eigenvalue weighted by molar-refractivity contribution is -0.129. The molecule has 0 aliphatic carbocycles. The second kappa shape index (κ2) is 8.55. The molecule has 1 saturated heterocycles. The third-order valence-corrected chi connectivity index (χ3v) is 6.55. The molecule has 2 heterocycles. The monoisotopic (exact) mass is 432 g/mol. The highest BCUT2D eigenvalue weighted by Crippen LogP contribution is 2.35. The van der Waals surface area contributed by atoms with Crippen molar-refractivity contribution in [1.29, 1.82) is 0 Å². The molecule has 3 aromatic carbocycles. The maximum atomic E-state index is 14.2. The van der Waals surface area contributed by atoms with Gasteiger partial charge in [0, 0.05) is 17.0 Å². The van der Waals surface area contributed by atoms with Crippen LogP contribution in [-0.2, 0) is 4.79 Å². The molecule has 0 N–H and O–H groups in total. The molecule has 0 unspecified atom stereocenters. The second-order valence-corrected chi connectivity index (χ2v) is 8.61. The highest BCUT2D eigenvalue weighted by atomic mass is 32.2. The topological polar surface area (TPSA) is 46.3 Å². The first kappa shape index (κ1) is 19.8. The number of nitrogens with zero attached hydrogens (tertiary/aromatic N) is 2. The van der Waals surface area contributed by atoms with Gasteiger partial charge < -0.3 is 9.32 Å². The number of oxazole rings is 1. The fourth-order valence-corrected chi connectivity index (χ4v) is 4.82. The van der Waals surface area contributed by atoms with E-state index in [9.17, 15) is 9.18 Å². The van der Waals surface area contributed by atoms with Crippen molar-refractivity contribution in [2.24, 2.45) is 0 Å². The molecule has 4 nitrogen and oxygen atoms in total. The Morgan fingerprint density at radius 2 is 1.90 bits per heavy atom. The Hall–Kier alpha value is -3.12. The Morgan fingerprint density at radius 1 is 1.10 bits per heavy atom. The van der Waals surface area contributed by atoms with Gasteiger partial charge in [0.1, 0.15) is 17.4 Å². The second-order valence-electron chi connectivity index (χ2n) is 7.56. The summed E-state index contributed by atoms with van der Waals surface area (Å²) >= 11 is 1.54. The molecule has 0 bridgehead atoms. The summed E-state index contributed by atoms with van der Waals surface area (Å²) in [4.78, 5) is 20.5. The summed E-state index contributed by atoms with van der Waals surface area (Å²) in [5.41, 5.74) is 2.61. The Balaban J connectivity index is 1.36. The van der Waals surface area contributed by atoms with Crippen LogP contribution in [0.1, 0.15) is 24.8 Å². The quantitative estimate of drug-likeness (QED) is 0.358. The summed E-state index contributed by atoms with van der Waals surface area (Å²) in [6, 6.07) is 21.9. The van der Waals surface area contributed by atoms with Gasteiger partial charge in [-0.05, 0) is 48.7 Å². The van der Waals surface area contributed by atoms with Gasteiger partial charge >= 0.3 is 0 Å². The van der Waals surface area contributed by atoms with E-state index in [0.717, 1.165) is 23.3 Å². The molecule has 31 heavy (non-hydrogen) atoms. The molecule has 1 aliphatic heterocycles. The number of hydrogen-bond donors (Lipinski definition) is 0. The number of carbonyl (C=O) groups is 1. The lowest BCUT2D eigenvalue weighted by atomic mass is 10.0. The summed E-state index contributed by atoms with van der Waals surface area (Å²) in [6.45, 7) is 0.706.